The van der Waals surface area contributed by atoms with Crippen LogP contribution in [-0.4, -0.2) is 5.91 Å². The number of primary amides is 1. The summed E-state index contributed by atoms with van der Waals surface area (Å²) >= 11 is 0. The second kappa shape index (κ2) is 6.40. The third kappa shape index (κ3) is 7.25. The van der Waals surface area contributed by atoms with Gasteiger partial charge in [0.25, 0.3) is 0 Å². The van der Waals surface area contributed by atoms with Gasteiger partial charge in [-0.25, -0.2) is 4.39 Å². The SMILES string of the molecule is CC/C(F)=C\C=C(/C)CCC(N)=O. The van der Waals surface area contributed by atoms with Crippen molar-refractivity contribution in [1.82, 2.24) is 0 Å². The van der Waals surface area contributed by atoms with Crippen molar-refractivity contribution in [3.05, 3.63) is 23.6 Å². The zero-order chi connectivity index (χ0) is 10.3. The predicted octanol–water partition coefficient (Wildman–Crippen LogP) is 2.46. The smallest absolute Gasteiger partial charge is 0.217 e. The van der Waals surface area contributed by atoms with Gasteiger partial charge in [0.2, 0.25) is 5.91 Å². The first kappa shape index (κ1) is 11.9. The summed E-state index contributed by atoms with van der Waals surface area (Å²) in [5.41, 5.74) is 5.93. The van der Waals surface area contributed by atoms with Crippen molar-refractivity contribution >= 4 is 5.91 Å². The van der Waals surface area contributed by atoms with E-state index < -0.39 is 0 Å². The first-order valence-corrected chi connectivity index (χ1v) is 4.36. The van der Waals surface area contributed by atoms with E-state index in [1.165, 1.54) is 6.08 Å². The van der Waals surface area contributed by atoms with Gasteiger partial charge in [0.1, 0.15) is 0 Å². The average molecular weight is 185 g/mol. The van der Waals surface area contributed by atoms with Gasteiger partial charge in [-0.2, -0.15) is 0 Å². The maximum atomic E-state index is 12.6. The third-order valence-corrected chi connectivity index (χ3v) is 1.65. The van der Waals surface area contributed by atoms with Crippen LogP contribution in [0.3, 0.4) is 0 Å². The molecule has 0 heterocycles. The fourth-order valence-electron chi connectivity index (χ4n) is 0.754. The Labute approximate surface area is 78.3 Å². The topological polar surface area (TPSA) is 43.1 Å². The lowest BCUT2D eigenvalue weighted by molar-refractivity contribution is -0.117. The van der Waals surface area contributed by atoms with Gasteiger partial charge in [-0.15, -0.1) is 0 Å². The van der Waals surface area contributed by atoms with Crippen LogP contribution < -0.4 is 5.73 Å². The molecular formula is C10H16FNO. The van der Waals surface area contributed by atoms with Crippen LogP contribution in [0.25, 0.3) is 0 Å². The van der Waals surface area contributed by atoms with Crippen molar-refractivity contribution < 1.29 is 9.18 Å². The van der Waals surface area contributed by atoms with Crippen molar-refractivity contribution in [1.29, 1.82) is 0 Å². The molecular weight excluding hydrogens is 169 g/mol. The van der Waals surface area contributed by atoms with Gasteiger partial charge in [0, 0.05) is 6.42 Å². The van der Waals surface area contributed by atoms with Gasteiger partial charge in [-0.1, -0.05) is 18.6 Å². The first-order valence-electron chi connectivity index (χ1n) is 4.36. The van der Waals surface area contributed by atoms with Crippen LogP contribution in [0, 0.1) is 0 Å². The Kier molecular flexibility index (Phi) is 5.85. The number of hydrogen-bond donors (Lipinski definition) is 1. The number of amides is 1. The highest BCUT2D eigenvalue weighted by molar-refractivity contribution is 5.73. The van der Waals surface area contributed by atoms with Crippen LogP contribution in [0.15, 0.2) is 23.6 Å². The van der Waals surface area contributed by atoms with Crippen molar-refractivity contribution in [2.75, 3.05) is 0 Å². The summed E-state index contributed by atoms with van der Waals surface area (Å²) in [5.74, 6) is -0.480. The van der Waals surface area contributed by atoms with Crippen LogP contribution in [0.4, 0.5) is 4.39 Å². The lowest BCUT2D eigenvalue weighted by atomic mass is 10.1. The van der Waals surface area contributed by atoms with E-state index in [0.29, 0.717) is 19.3 Å². The summed E-state index contributed by atoms with van der Waals surface area (Å²) in [6, 6.07) is 0. The van der Waals surface area contributed by atoms with Crippen molar-refractivity contribution in [3.63, 3.8) is 0 Å². The molecule has 2 N–H and O–H groups in total. The summed E-state index contributed by atoms with van der Waals surface area (Å²) in [4.78, 5) is 10.4. The number of halogens is 1. The molecule has 3 heteroatoms. The minimum Gasteiger partial charge on any atom is -0.370 e. The zero-order valence-electron chi connectivity index (χ0n) is 8.14. The quantitative estimate of drug-likeness (QED) is 0.657. The molecule has 0 aromatic carbocycles. The van der Waals surface area contributed by atoms with E-state index in [2.05, 4.69) is 0 Å². The number of rotatable bonds is 5. The average Bonchev–Trinajstić information content (AvgIpc) is 2.10. The minimum atomic E-state index is -0.326. The second-order valence-electron chi connectivity index (χ2n) is 2.95. The van der Waals surface area contributed by atoms with E-state index in [-0.39, 0.29) is 11.7 Å². The van der Waals surface area contributed by atoms with E-state index >= 15 is 0 Å². The molecule has 0 bridgehead atoms. The van der Waals surface area contributed by atoms with E-state index in [1.54, 1.807) is 13.0 Å². The van der Waals surface area contributed by atoms with Gasteiger partial charge in [0.05, 0.1) is 5.83 Å². The Bertz CT molecular complexity index is 231. The summed E-state index contributed by atoms with van der Waals surface area (Å²) in [6.07, 6.45) is 4.43. The number of carbonyl (C=O) groups excluding carboxylic acids is 1. The molecule has 1 amide bonds. The molecule has 0 aliphatic heterocycles. The molecule has 2 nitrogen and oxygen atoms in total. The molecule has 0 fully saturated rings. The van der Waals surface area contributed by atoms with Crippen molar-refractivity contribution in [2.24, 2.45) is 5.73 Å². The Morgan fingerprint density at radius 2 is 2.00 bits per heavy atom. The Hall–Kier alpha value is -1.12. The number of hydrogen-bond acceptors (Lipinski definition) is 1. The monoisotopic (exact) mass is 185 g/mol. The molecule has 0 saturated carbocycles. The molecule has 0 atom stereocenters. The van der Waals surface area contributed by atoms with Crippen molar-refractivity contribution in [3.8, 4) is 0 Å². The highest BCUT2D eigenvalue weighted by atomic mass is 19.1. The van der Waals surface area contributed by atoms with Gasteiger partial charge >= 0.3 is 0 Å². The van der Waals surface area contributed by atoms with Crippen LogP contribution in [0.1, 0.15) is 33.1 Å². The molecule has 74 valence electrons. The number of allylic oxidation sites excluding steroid dienone is 4. The molecule has 0 aliphatic rings. The number of nitrogens with two attached hydrogens (primary N) is 1. The molecule has 0 saturated heterocycles. The fourth-order valence-corrected chi connectivity index (χ4v) is 0.754. The minimum absolute atomic E-state index is 0.154. The van der Waals surface area contributed by atoms with Crippen LogP contribution >= 0.6 is 0 Å². The van der Waals surface area contributed by atoms with Gasteiger partial charge in [-0.3, -0.25) is 4.79 Å². The van der Waals surface area contributed by atoms with Gasteiger partial charge in [0.15, 0.2) is 0 Å². The largest absolute Gasteiger partial charge is 0.370 e. The van der Waals surface area contributed by atoms with E-state index in [9.17, 15) is 9.18 Å². The van der Waals surface area contributed by atoms with Crippen LogP contribution in [-0.2, 0) is 4.79 Å². The number of carbonyl (C=O) groups is 1. The van der Waals surface area contributed by atoms with E-state index in [0.717, 1.165) is 5.57 Å². The molecule has 0 aromatic rings. The lowest BCUT2D eigenvalue weighted by Crippen LogP contribution is -2.09. The standard InChI is InChI=1S/C10H16FNO/c1-3-9(11)6-4-8(2)5-7-10(12)13/h4,6H,3,5,7H2,1-2H3,(H2,12,13)/b8-4+,9-6+. The summed E-state index contributed by atoms with van der Waals surface area (Å²) in [5, 5.41) is 0. The van der Waals surface area contributed by atoms with E-state index in [4.69, 9.17) is 5.73 Å². The van der Waals surface area contributed by atoms with E-state index in [1.807, 2.05) is 6.92 Å². The van der Waals surface area contributed by atoms with Gasteiger partial charge < -0.3 is 5.73 Å². The summed E-state index contributed by atoms with van der Waals surface area (Å²) < 4.78 is 12.6. The maximum Gasteiger partial charge on any atom is 0.217 e. The summed E-state index contributed by atoms with van der Waals surface area (Å²) in [7, 11) is 0. The Morgan fingerprint density at radius 1 is 1.38 bits per heavy atom. The molecule has 0 radical (unpaired) electrons. The predicted molar refractivity (Wildman–Crippen MR) is 51.7 cm³/mol. The van der Waals surface area contributed by atoms with Crippen LogP contribution in [0.2, 0.25) is 0 Å². The highest BCUT2D eigenvalue weighted by Gasteiger charge is 1.94. The molecule has 0 aliphatic carbocycles. The van der Waals surface area contributed by atoms with Crippen LogP contribution in [0.5, 0.6) is 0 Å². The highest BCUT2D eigenvalue weighted by Crippen LogP contribution is 2.07. The molecule has 0 rings (SSSR count). The maximum absolute atomic E-state index is 12.6. The zero-order valence-corrected chi connectivity index (χ0v) is 8.14. The summed E-state index contributed by atoms with van der Waals surface area (Å²) in [6.45, 7) is 3.60. The first-order chi connectivity index (χ1) is 6.06. The molecule has 13 heavy (non-hydrogen) atoms. The Balaban J connectivity index is 3.95. The van der Waals surface area contributed by atoms with Gasteiger partial charge in [-0.05, 0) is 25.8 Å². The third-order valence-electron chi connectivity index (χ3n) is 1.65. The lowest BCUT2D eigenvalue weighted by Gasteiger charge is -1.96. The fraction of sp³-hybridized carbons (Fsp3) is 0.500. The van der Waals surface area contributed by atoms with Crippen molar-refractivity contribution in [2.45, 2.75) is 33.1 Å². The normalized spacial score (nSPS) is 13.2. The second-order valence-corrected chi connectivity index (χ2v) is 2.95. The Morgan fingerprint density at radius 3 is 2.46 bits per heavy atom. The molecule has 0 unspecified atom stereocenters. The molecule has 0 spiro atoms. The molecule has 0 aromatic heterocycles.